The first-order valence-corrected chi connectivity index (χ1v) is 9.79. The maximum Gasteiger partial charge on any atom is 0.248 e. The lowest BCUT2D eigenvalue weighted by Crippen LogP contribution is -2.49. The largest absolute Gasteiger partial charge is 0.493 e. The van der Waals surface area contributed by atoms with Crippen molar-refractivity contribution in [3.05, 3.63) is 29.1 Å². The van der Waals surface area contributed by atoms with Gasteiger partial charge in [-0.15, -0.1) is 11.3 Å². The van der Waals surface area contributed by atoms with Gasteiger partial charge >= 0.3 is 0 Å². The molecule has 136 valence electrons. The number of nitrogens with zero attached hydrogens (tertiary/aromatic N) is 2. The van der Waals surface area contributed by atoms with Crippen LogP contribution in [0.15, 0.2) is 23.6 Å². The monoisotopic (exact) mass is 371 g/mol. The number of fused-ring (bicyclic) bond motifs is 1. The predicted octanol–water partition coefficient (Wildman–Crippen LogP) is 3.08. The van der Waals surface area contributed by atoms with Crippen LogP contribution in [0, 0.1) is 0 Å². The highest BCUT2D eigenvalue weighted by Gasteiger charge is 2.30. The van der Waals surface area contributed by atoms with Crippen LogP contribution < -0.4 is 10.1 Å². The first-order chi connectivity index (χ1) is 12.6. The summed E-state index contributed by atoms with van der Waals surface area (Å²) in [6, 6.07) is 5.67. The Labute approximate surface area is 156 Å². The molecule has 2 aromatic rings. The van der Waals surface area contributed by atoms with Crippen LogP contribution in [0.3, 0.4) is 0 Å². The quantitative estimate of drug-likeness (QED) is 0.900. The molecule has 1 aromatic heterocycles. The lowest BCUT2D eigenvalue weighted by atomic mass is 10.0. The molecule has 0 radical (unpaired) electrons. The number of piperidine rings is 1. The van der Waals surface area contributed by atoms with Gasteiger partial charge in [0.15, 0.2) is 5.13 Å². The van der Waals surface area contributed by atoms with E-state index in [1.807, 2.05) is 17.5 Å². The van der Waals surface area contributed by atoms with E-state index in [1.54, 1.807) is 4.90 Å². The molecule has 0 bridgehead atoms. The van der Waals surface area contributed by atoms with E-state index in [0.29, 0.717) is 18.1 Å². The van der Waals surface area contributed by atoms with Gasteiger partial charge in [-0.25, -0.2) is 4.98 Å². The molecule has 1 saturated heterocycles. The molecule has 0 aliphatic carbocycles. The Hall–Kier alpha value is -2.41. The van der Waals surface area contributed by atoms with Gasteiger partial charge in [-0.3, -0.25) is 9.59 Å². The van der Waals surface area contributed by atoms with Crippen molar-refractivity contribution >= 4 is 28.3 Å². The van der Waals surface area contributed by atoms with Gasteiger partial charge in [-0.05, 0) is 43.0 Å². The maximum absolute atomic E-state index is 12.6. The van der Waals surface area contributed by atoms with Gasteiger partial charge in [-0.1, -0.05) is 0 Å². The van der Waals surface area contributed by atoms with Gasteiger partial charge in [0.2, 0.25) is 11.8 Å². The van der Waals surface area contributed by atoms with Crippen molar-refractivity contribution < 1.29 is 14.3 Å². The van der Waals surface area contributed by atoms with E-state index in [1.165, 1.54) is 23.8 Å². The minimum absolute atomic E-state index is 0.0509. The number of nitrogens with one attached hydrogen (secondary N) is 1. The fourth-order valence-electron chi connectivity index (χ4n) is 3.58. The van der Waals surface area contributed by atoms with Gasteiger partial charge in [0, 0.05) is 30.8 Å². The number of hydrogen-bond donors (Lipinski definition) is 1. The van der Waals surface area contributed by atoms with Crippen LogP contribution >= 0.6 is 11.3 Å². The third-order valence-corrected chi connectivity index (χ3v) is 5.69. The van der Waals surface area contributed by atoms with Crippen molar-refractivity contribution in [1.29, 1.82) is 0 Å². The zero-order valence-electron chi connectivity index (χ0n) is 14.7. The number of rotatable bonds is 3. The number of amides is 2. The number of thiazole rings is 1. The minimum Gasteiger partial charge on any atom is -0.493 e. The second-order valence-corrected chi connectivity index (χ2v) is 7.53. The van der Waals surface area contributed by atoms with Crippen molar-refractivity contribution in [2.24, 2.45) is 0 Å². The normalized spacial score (nSPS) is 19.0. The lowest BCUT2D eigenvalue weighted by molar-refractivity contribution is -0.138. The second-order valence-electron chi connectivity index (χ2n) is 6.67. The Bertz CT molecular complexity index is 848. The molecule has 1 fully saturated rings. The predicted molar refractivity (Wildman–Crippen MR) is 100 cm³/mol. The summed E-state index contributed by atoms with van der Waals surface area (Å²) in [5.41, 5.74) is 3.06. The molecule has 7 heteroatoms. The van der Waals surface area contributed by atoms with Gasteiger partial charge in [0.05, 0.1) is 12.3 Å². The first-order valence-electron chi connectivity index (χ1n) is 8.91. The molecule has 2 amide bonds. The van der Waals surface area contributed by atoms with Gasteiger partial charge < -0.3 is 15.0 Å². The molecule has 1 unspecified atom stereocenters. The van der Waals surface area contributed by atoms with Gasteiger partial charge in [0.25, 0.3) is 0 Å². The topological polar surface area (TPSA) is 71.5 Å². The minimum atomic E-state index is -0.397. The van der Waals surface area contributed by atoms with E-state index in [9.17, 15) is 9.59 Å². The third kappa shape index (κ3) is 3.31. The fourth-order valence-corrected chi connectivity index (χ4v) is 4.30. The SMILES string of the molecule is CC(=O)N1CCCCC1C(=O)Nc1nc(-c2ccc3c(c2)CCO3)cs1. The number of ether oxygens (including phenoxy) is 1. The molecule has 0 spiro atoms. The van der Waals surface area contributed by atoms with Gasteiger partial charge in [-0.2, -0.15) is 0 Å². The Morgan fingerprint density at radius 1 is 1.35 bits per heavy atom. The third-order valence-electron chi connectivity index (χ3n) is 4.93. The number of likely N-dealkylation sites (tertiary alicyclic amines) is 1. The summed E-state index contributed by atoms with van der Waals surface area (Å²) in [6.07, 6.45) is 3.53. The highest BCUT2D eigenvalue weighted by molar-refractivity contribution is 7.14. The number of hydrogen-bond acceptors (Lipinski definition) is 5. The molecular formula is C19H21N3O3S. The summed E-state index contributed by atoms with van der Waals surface area (Å²) in [6.45, 7) is 2.89. The summed E-state index contributed by atoms with van der Waals surface area (Å²) in [4.78, 5) is 30.6. The number of carbonyl (C=O) groups excluding carboxylic acids is 2. The van der Waals surface area contributed by atoms with Crippen LogP contribution in [-0.4, -0.2) is 40.9 Å². The molecule has 3 heterocycles. The smallest absolute Gasteiger partial charge is 0.248 e. The van der Waals surface area contributed by atoms with E-state index in [4.69, 9.17) is 4.74 Å². The molecule has 4 rings (SSSR count). The van der Waals surface area contributed by atoms with Crippen molar-refractivity contribution in [3.8, 4) is 17.0 Å². The Morgan fingerprint density at radius 2 is 2.23 bits per heavy atom. The molecule has 26 heavy (non-hydrogen) atoms. The average molecular weight is 371 g/mol. The summed E-state index contributed by atoms with van der Waals surface area (Å²) < 4.78 is 5.54. The van der Waals surface area contributed by atoms with Crippen LogP contribution in [0.4, 0.5) is 5.13 Å². The molecule has 2 aliphatic heterocycles. The fraction of sp³-hybridized carbons (Fsp3) is 0.421. The Kier molecular flexibility index (Phi) is 4.63. The molecule has 2 aliphatic rings. The summed E-state index contributed by atoms with van der Waals surface area (Å²) in [5, 5.41) is 5.40. The number of aromatic nitrogens is 1. The van der Waals surface area contributed by atoms with E-state index in [-0.39, 0.29) is 11.8 Å². The van der Waals surface area contributed by atoms with E-state index < -0.39 is 6.04 Å². The van der Waals surface area contributed by atoms with Crippen LogP contribution in [0.2, 0.25) is 0 Å². The molecule has 6 nitrogen and oxygen atoms in total. The lowest BCUT2D eigenvalue weighted by Gasteiger charge is -2.33. The van der Waals surface area contributed by atoms with Crippen LogP contribution in [0.5, 0.6) is 5.75 Å². The molecule has 0 saturated carbocycles. The zero-order chi connectivity index (χ0) is 18.1. The van der Waals surface area contributed by atoms with Crippen molar-refractivity contribution in [2.75, 3.05) is 18.5 Å². The number of benzene rings is 1. The van der Waals surface area contributed by atoms with E-state index in [0.717, 1.165) is 42.9 Å². The highest BCUT2D eigenvalue weighted by Crippen LogP contribution is 2.32. The second kappa shape index (κ2) is 7.07. The summed E-state index contributed by atoms with van der Waals surface area (Å²) >= 11 is 1.40. The van der Waals surface area contributed by atoms with Gasteiger partial charge in [0.1, 0.15) is 11.8 Å². The Morgan fingerprint density at radius 3 is 3.08 bits per heavy atom. The van der Waals surface area contributed by atoms with E-state index in [2.05, 4.69) is 16.4 Å². The molecule has 1 atom stereocenters. The van der Waals surface area contributed by atoms with E-state index >= 15 is 0 Å². The average Bonchev–Trinajstić information content (AvgIpc) is 3.30. The van der Waals surface area contributed by atoms with Crippen molar-refractivity contribution in [3.63, 3.8) is 0 Å². The first kappa shape index (κ1) is 17.0. The zero-order valence-corrected chi connectivity index (χ0v) is 15.5. The standard InChI is InChI=1S/C19H21N3O3S/c1-12(23)22-8-3-2-4-16(22)18(24)21-19-20-15(11-26-19)13-5-6-17-14(10-13)7-9-25-17/h5-6,10-11,16H,2-4,7-9H2,1H3,(H,20,21,24). The number of anilines is 1. The van der Waals surface area contributed by atoms with Crippen molar-refractivity contribution in [1.82, 2.24) is 9.88 Å². The number of carbonyl (C=O) groups is 2. The van der Waals surface area contributed by atoms with Crippen LogP contribution in [0.1, 0.15) is 31.7 Å². The summed E-state index contributed by atoms with van der Waals surface area (Å²) in [7, 11) is 0. The van der Waals surface area contributed by atoms with Crippen molar-refractivity contribution in [2.45, 2.75) is 38.6 Å². The highest BCUT2D eigenvalue weighted by atomic mass is 32.1. The van der Waals surface area contributed by atoms with Crippen LogP contribution in [-0.2, 0) is 16.0 Å². The maximum atomic E-state index is 12.6. The van der Waals surface area contributed by atoms with Crippen LogP contribution in [0.25, 0.3) is 11.3 Å². The Balaban J connectivity index is 1.48. The summed E-state index contributed by atoms with van der Waals surface area (Å²) in [5.74, 6) is 0.743. The molecule has 1 aromatic carbocycles. The molecular weight excluding hydrogens is 350 g/mol. The molecule has 1 N–H and O–H groups in total.